The summed E-state index contributed by atoms with van der Waals surface area (Å²) in [5.41, 5.74) is 1.35. The van der Waals surface area contributed by atoms with Crippen LogP contribution in [0.25, 0.3) is 0 Å². The minimum absolute atomic E-state index is 0.461. The Bertz CT molecular complexity index is 360. The van der Waals surface area contributed by atoms with Gasteiger partial charge in [0, 0.05) is 6.04 Å². The molecule has 0 saturated heterocycles. The zero-order valence-electron chi connectivity index (χ0n) is 11.1. The van der Waals surface area contributed by atoms with Crippen LogP contribution in [-0.4, -0.2) is 13.7 Å². The number of ether oxygens (including phenoxy) is 1. The van der Waals surface area contributed by atoms with Crippen LogP contribution in [0, 0.1) is 11.8 Å². The van der Waals surface area contributed by atoms with Gasteiger partial charge in [0.15, 0.2) is 0 Å². The minimum atomic E-state index is 0.461. The van der Waals surface area contributed by atoms with Gasteiger partial charge in [0.25, 0.3) is 0 Å². The average Bonchev–Trinajstić information content (AvgIpc) is 3.19. The molecule has 1 saturated carbocycles. The molecular formula is C15H23NO. The molecule has 0 spiro atoms. The van der Waals surface area contributed by atoms with Crippen LogP contribution in [0.3, 0.4) is 0 Å². The SMILES string of the molecule is CCNC(c1cccc(OC)c1)C(C)C1CC1. The van der Waals surface area contributed by atoms with Crippen LogP contribution in [0.5, 0.6) is 5.75 Å². The van der Waals surface area contributed by atoms with Gasteiger partial charge in [-0.25, -0.2) is 0 Å². The Kier molecular flexibility index (Phi) is 4.06. The molecule has 1 aromatic carbocycles. The summed E-state index contributed by atoms with van der Waals surface area (Å²) in [4.78, 5) is 0. The molecule has 0 amide bonds. The molecule has 1 N–H and O–H groups in total. The molecule has 94 valence electrons. The number of methoxy groups -OCH3 is 1. The van der Waals surface area contributed by atoms with Gasteiger partial charge in [-0.1, -0.05) is 26.0 Å². The Morgan fingerprint density at radius 1 is 1.41 bits per heavy atom. The molecule has 1 aliphatic carbocycles. The second-order valence-corrected chi connectivity index (χ2v) is 5.01. The molecule has 2 nitrogen and oxygen atoms in total. The number of hydrogen-bond acceptors (Lipinski definition) is 2. The van der Waals surface area contributed by atoms with E-state index in [9.17, 15) is 0 Å². The van der Waals surface area contributed by atoms with E-state index < -0.39 is 0 Å². The van der Waals surface area contributed by atoms with Gasteiger partial charge < -0.3 is 10.1 Å². The maximum absolute atomic E-state index is 5.31. The minimum Gasteiger partial charge on any atom is -0.497 e. The lowest BCUT2D eigenvalue weighted by atomic mass is 9.90. The van der Waals surface area contributed by atoms with Crippen molar-refractivity contribution in [3.05, 3.63) is 29.8 Å². The van der Waals surface area contributed by atoms with Crippen molar-refractivity contribution in [1.82, 2.24) is 5.32 Å². The van der Waals surface area contributed by atoms with Crippen molar-refractivity contribution in [1.29, 1.82) is 0 Å². The van der Waals surface area contributed by atoms with Crippen LogP contribution in [-0.2, 0) is 0 Å². The van der Waals surface area contributed by atoms with E-state index in [2.05, 4.69) is 37.4 Å². The summed E-state index contributed by atoms with van der Waals surface area (Å²) in [6.45, 7) is 5.55. The molecule has 2 rings (SSSR count). The average molecular weight is 233 g/mol. The van der Waals surface area contributed by atoms with Gasteiger partial charge in [-0.15, -0.1) is 0 Å². The predicted octanol–water partition coefficient (Wildman–Crippen LogP) is 3.39. The Morgan fingerprint density at radius 3 is 2.76 bits per heavy atom. The third-order valence-electron chi connectivity index (χ3n) is 3.77. The first kappa shape index (κ1) is 12.4. The summed E-state index contributed by atoms with van der Waals surface area (Å²) < 4.78 is 5.31. The molecule has 1 aromatic rings. The van der Waals surface area contributed by atoms with Gasteiger partial charge in [-0.2, -0.15) is 0 Å². The third-order valence-corrected chi connectivity index (χ3v) is 3.77. The zero-order valence-corrected chi connectivity index (χ0v) is 11.1. The van der Waals surface area contributed by atoms with E-state index in [1.54, 1.807) is 7.11 Å². The normalized spacial score (nSPS) is 18.8. The first-order valence-corrected chi connectivity index (χ1v) is 6.63. The molecule has 0 bridgehead atoms. The Morgan fingerprint density at radius 2 is 2.18 bits per heavy atom. The van der Waals surface area contributed by atoms with Crippen molar-refractivity contribution in [2.45, 2.75) is 32.7 Å². The lowest BCUT2D eigenvalue weighted by Gasteiger charge is -2.25. The molecule has 2 atom stereocenters. The Hall–Kier alpha value is -1.02. The van der Waals surface area contributed by atoms with Crippen LogP contribution in [0.1, 0.15) is 38.3 Å². The molecule has 0 aliphatic heterocycles. The fourth-order valence-electron chi connectivity index (χ4n) is 2.56. The number of benzene rings is 1. The second kappa shape index (κ2) is 5.54. The standard InChI is InChI=1S/C15H23NO/c1-4-16-15(11(2)12-8-9-12)13-6-5-7-14(10-13)17-3/h5-7,10-12,15-16H,4,8-9H2,1-3H3. The highest BCUT2D eigenvalue weighted by molar-refractivity contribution is 5.31. The highest BCUT2D eigenvalue weighted by Gasteiger charge is 2.33. The van der Waals surface area contributed by atoms with Gasteiger partial charge in [0.1, 0.15) is 5.75 Å². The first-order chi connectivity index (χ1) is 8.26. The van der Waals surface area contributed by atoms with Gasteiger partial charge in [0.2, 0.25) is 0 Å². The van der Waals surface area contributed by atoms with Crippen LogP contribution in [0.2, 0.25) is 0 Å². The Balaban J connectivity index is 2.17. The van der Waals surface area contributed by atoms with E-state index in [0.29, 0.717) is 12.0 Å². The molecule has 2 heteroatoms. The van der Waals surface area contributed by atoms with Gasteiger partial charge >= 0.3 is 0 Å². The van der Waals surface area contributed by atoms with Gasteiger partial charge in [0.05, 0.1) is 7.11 Å². The summed E-state index contributed by atoms with van der Waals surface area (Å²) in [6, 6.07) is 8.91. The summed E-state index contributed by atoms with van der Waals surface area (Å²) in [6.07, 6.45) is 2.79. The largest absolute Gasteiger partial charge is 0.497 e. The fraction of sp³-hybridized carbons (Fsp3) is 0.600. The van der Waals surface area contributed by atoms with E-state index in [1.807, 2.05) is 6.07 Å². The maximum Gasteiger partial charge on any atom is 0.119 e. The molecule has 0 radical (unpaired) electrons. The monoisotopic (exact) mass is 233 g/mol. The summed E-state index contributed by atoms with van der Waals surface area (Å²) in [5.74, 6) is 2.57. The van der Waals surface area contributed by atoms with Crippen molar-refractivity contribution in [2.24, 2.45) is 11.8 Å². The molecule has 17 heavy (non-hydrogen) atoms. The van der Waals surface area contributed by atoms with Crippen LogP contribution < -0.4 is 10.1 Å². The van der Waals surface area contributed by atoms with Crippen molar-refractivity contribution < 1.29 is 4.74 Å². The molecule has 1 fully saturated rings. The van der Waals surface area contributed by atoms with Crippen molar-refractivity contribution >= 4 is 0 Å². The molecular weight excluding hydrogens is 210 g/mol. The second-order valence-electron chi connectivity index (χ2n) is 5.01. The van der Waals surface area contributed by atoms with Crippen LogP contribution in [0.15, 0.2) is 24.3 Å². The lowest BCUT2D eigenvalue weighted by molar-refractivity contribution is 0.352. The molecule has 0 heterocycles. The van der Waals surface area contributed by atoms with Gasteiger partial charge in [-0.3, -0.25) is 0 Å². The highest BCUT2D eigenvalue weighted by Crippen LogP contribution is 2.42. The number of rotatable bonds is 6. The van der Waals surface area contributed by atoms with Gasteiger partial charge in [-0.05, 0) is 48.9 Å². The molecule has 2 unspecified atom stereocenters. The fourth-order valence-corrected chi connectivity index (χ4v) is 2.56. The summed E-state index contributed by atoms with van der Waals surface area (Å²) in [7, 11) is 1.73. The number of nitrogens with one attached hydrogen (secondary N) is 1. The molecule has 1 aliphatic rings. The Labute approximate surface area is 104 Å². The summed E-state index contributed by atoms with van der Waals surface area (Å²) >= 11 is 0. The summed E-state index contributed by atoms with van der Waals surface area (Å²) in [5, 5.41) is 3.62. The van der Waals surface area contributed by atoms with Crippen molar-refractivity contribution in [3.63, 3.8) is 0 Å². The lowest BCUT2D eigenvalue weighted by Crippen LogP contribution is -2.27. The number of hydrogen-bond donors (Lipinski definition) is 1. The van der Waals surface area contributed by atoms with E-state index in [4.69, 9.17) is 4.74 Å². The first-order valence-electron chi connectivity index (χ1n) is 6.63. The third kappa shape index (κ3) is 3.01. The van der Waals surface area contributed by atoms with E-state index in [0.717, 1.165) is 18.2 Å². The van der Waals surface area contributed by atoms with Crippen LogP contribution >= 0.6 is 0 Å². The van der Waals surface area contributed by atoms with Crippen LogP contribution in [0.4, 0.5) is 0 Å². The molecule has 0 aromatic heterocycles. The maximum atomic E-state index is 5.31. The highest BCUT2D eigenvalue weighted by atomic mass is 16.5. The van der Waals surface area contributed by atoms with E-state index in [1.165, 1.54) is 18.4 Å². The smallest absolute Gasteiger partial charge is 0.119 e. The van der Waals surface area contributed by atoms with E-state index in [-0.39, 0.29) is 0 Å². The zero-order chi connectivity index (χ0) is 12.3. The predicted molar refractivity (Wildman–Crippen MR) is 71.3 cm³/mol. The quantitative estimate of drug-likeness (QED) is 0.813. The van der Waals surface area contributed by atoms with Crippen molar-refractivity contribution in [2.75, 3.05) is 13.7 Å². The van der Waals surface area contributed by atoms with Crippen molar-refractivity contribution in [3.8, 4) is 5.75 Å². The van der Waals surface area contributed by atoms with E-state index >= 15 is 0 Å². The topological polar surface area (TPSA) is 21.3 Å².